The van der Waals surface area contributed by atoms with Gasteiger partial charge in [-0.05, 0) is 31.4 Å². The van der Waals surface area contributed by atoms with Gasteiger partial charge in [0, 0.05) is 36.6 Å². The molecule has 23 heavy (non-hydrogen) atoms. The van der Waals surface area contributed by atoms with Crippen molar-refractivity contribution in [3.8, 4) is 16.8 Å². The summed E-state index contributed by atoms with van der Waals surface area (Å²) < 4.78 is 0. The molecule has 0 aromatic carbocycles. The molecule has 2 aromatic heterocycles. The van der Waals surface area contributed by atoms with Crippen molar-refractivity contribution in [2.75, 3.05) is 13.1 Å². The maximum Gasteiger partial charge on any atom is 0.142 e. The zero-order valence-electron chi connectivity index (χ0n) is 13.2. The number of nitriles is 1. The van der Waals surface area contributed by atoms with Crippen LogP contribution in [0.2, 0.25) is 0 Å². The van der Waals surface area contributed by atoms with Gasteiger partial charge in [0.2, 0.25) is 0 Å². The molecule has 0 radical (unpaired) electrons. The second kappa shape index (κ2) is 6.38. The fourth-order valence-corrected chi connectivity index (χ4v) is 4.78. The lowest BCUT2D eigenvalue weighted by atomic mass is 10.2. The summed E-state index contributed by atoms with van der Waals surface area (Å²) in [7, 11) is 0. The summed E-state index contributed by atoms with van der Waals surface area (Å²) in [4.78, 5) is 13.3. The predicted octanol–water partition coefficient (Wildman–Crippen LogP) is 3.42. The van der Waals surface area contributed by atoms with Gasteiger partial charge in [-0.25, -0.2) is 4.98 Å². The van der Waals surface area contributed by atoms with Crippen LogP contribution in [0.25, 0.3) is 10.7 Å². The number of thiazole rings is 1. The van der Waals surface area contributed by atoms with Crippen molar-refractivity contribution in [2.45, 2.75) is 44.6 Å². The van der Waals surface area contributed by atoms with E-state index in [2.05, 4.69) is 16.0 Å². The quantitative estimate of drug-likeness (QED) is 0.849. The van der Waals surface area contributed by atoms with Gasteiger partial charge in [0.15, 0.2) is 0 Å². The fourth-order valence-electron chi connectivity index (χ4n) is 3.71. The van der Waals surface area contributed by atoms with Gasteiger partial charge in [-0.3, -0.25) is 9.88 Å². The number of nitrogens with zero attached hydrogens (tertiary/aromatic N) is 4. The molecule has 0 bridgehead atoms. The molecular weight excluding hydrogens is 304 g/mol. The van der Waals surface area contributed by atoms with Crippen molar-refractivity contribution >= 4 is 11.3 Å². The average molecular weight is 324 g/mol. The van der Waals surface area contributed by atoms with Crippen molar-refractivity contribution in [3.05, 3.63) is 34.5 Å². The Hall–Kier alpha value is -1.77. The maximum absolute atomic E-state index is 8.87. The molecule has 0 saturated heterocycles. The predicted molar refractivity (Wildman–Crippen MR) is 91.3 cm³/mol. The van der Waals surface area contributed by atoms with Crippen LogP contribution in [0.4, 0.5) is 0 Å². The first-order valence-electron chi connectivity index (χ1n) is 8.42. The number of hydrogen-bond acceptors (Lipinski definition) is 5. The molecule has 1 saturated carbocycles. The lowest BCUT2D eigenvalue weighted by Gasteiger charge is -2.26. The first kappa shape index (κ1) is 14.8. The number of rotatable bonds is 2. The first-order valence-corrected chi connectivity index (χ1v) is 9.24. The van der Waals surface area contributed by atoms with Crippen LogP contribution in [0.1, 0.15) is 41.8 Å². The third-order valence-corrected chi connectivity index (χ3v) is 6.17. The lowest BCUT2D eigenvalue weighted by molar-refractivity contribution is 0.208. The van der Waals surface area contributed by atoms with Gasteiger partial charge in [-0.15, -0.1) is 11.3 Å². The Morgan fingerprint density at radius 2 is 2.00 bits per heavy atom. The van der Waals surface area contributed by atoms with E-state index in [1.807, 2.05) is 12.1 Å². The molecule has 0 unspecified atom stereocenters. The van der Waals surface area contributed by atoms with Gasteiger partial charge < -0.3 is 0 Å². The molecule has 0 atom stereocenters. The molecule has 2 aromatic rings. The van der Waals surface area contributed by atoms with Gasteiger partial charge >= 0.3 is 0 Å². The molecule has 1 aliphatic heterocycles. The molecule has 4 rings (SSSR count). The summed E-state index contributed by atoms with van der Waals surface area (Å²) in [5.41, 5.74) is 2.74. The molecule has 1 fully saturated rings. The van der Waals surface area contributed by atoms with E-state index in [9.17, 15) is 0 Å². The van der Waals surface area contributed by atoms with Crippen molar-refractivity contribution in [1.82, 2.24) is 14.9 Å². The SMILES string of the molecule is N#Cc1ccc(-c2nc3c(s2)CCN(C2CCCC2)CC3)nc1. The largest absolute Gasteiger partial charge is 0.300 e. The van der Waals surface area contributed by atoms with Crippen molar-refractivity contribution in [2.24, 2.45) is 0 Å². The number of pyridine rings is 1. The van der Waals surface area contributed by atoms with Crippen LogP contribution in [-0.2, 0) is 12.8 Å². The van der Waals surface area contributed by atoms with E-state index in [1.54, 1.807) is 17.5 Å². The van der Waals surface area contributed by atoms with Gasteiger partial charge in [0.25, 0.3) is 0 Å². The van der Waals surface area contributed by atoms with Crippen LogP contribution < -0.4 is 0 Å². The molecule has 5 heteroatoms. The maximum atomic E-state index is 8.87. The molecule has 2 aliphatic rings. The Balaban J connectivity index is 1.51. The molecule has 0 amide bonds. The van der Waals surface area contributed by atoms with Crippen LogP contribution in [0.5, 0.6) is 0 Å². The Labute approximate surface area is 140 Å². The van der Waals surface area contributed by atoms with E-state index < -0.39 is 0 Å². The van der Waals surface area contributed by atoms with Crippen molar-refractivity contribution < 1.29 is 0 Å². The third-order valence-electron chi connectivity index (χ3n) is 4.99. The topological polar surface area (TPSA) is 52.8 Å². The summed E-state index contributed by atoms with van der Waals surface area (Å²) in [5.74, 6) is 0. The Kier molecular flexibility index (Phi) is 4.11. The van der Waals surface area contributed by atoms with E-state index >= 15 is 0 Å². The molecule has 0 N–H and O–H groups in total. The minimum Gasteiger partial charge on any atom is -0.300 e. The smallest absolute Gasteiger partial charge is 0.142 e. The second-order valence-corrected chi connectivity index (χ2v) is 7.49. The fraction of sp³-hybridized carbons (Fsp3) is 0.500. The normalized spacial score (nSPS) is 19.3. The first-order chi connectivity index (χ1) is 11.3. The Bertz CT molecular complexity index is 697. The van der Waals surface area contributed by atoms with E-state index in [1.165, 1.54) is 42.8 Å². The standard InChI is InChI=1S/C18H20N4S/c19-11-13-5-6-16(20-12-13)18-21-15-7-9-22(10-8-17(15)23-18)14-3-1-2-4-14/h5-6,12,14H,1-4,7-10H2. The minimum atomic E-state index is 0.596. The van der Waals surface area contributed by atoms with Crippen molar-refractivity contribution in [1.29, 1.82) is 5.26 Å². The van der Waals surface area contributed by atoms with Gasteiger partial charge in [-0.2, -0.15) is 5.26 Å². The van der Waals surface area contributed by atoms with E-state index in [0.717, 1.165) is 36.1 Å². The van der Waals surface area contributed by atoms with Crippen LogP contribution in [-0.4, -0.2) is 34.0 Å². The number of fused-ring (bicyclic) bond motifs is 1. The summed E-state index contributed by atoms with van der Waals surface area (Å²) in [6.45, 7) is 2.31. The molecule has 118 valence electrons. The Morgan fingerprint density at radius 1 is 1.17 bits per heavy atom. The van der Waals surface area contributed by atoms with Gasteiger partial charge in [0.05, 0.1) is 17.0 Å². The van der Waals surface area contributed by atoms with Crippen LogP contribution >= 0.6 is 11.3 Å². The molecule has 4 nitrogen and oxygen atoms in total. The Morgan fingerprint density at radius 3 is 2.74 bits per heavy atom. The highest BCUT2D eigenvalue weighted by molar-refractivity contribution is 7.15. The highest BCUT2D eigenvalue weighted by Crippen LogP contribution is 2.31. The monoisotopic (exact) mass is 324 g/mol. The molecule has 1 aliphatic carbocycles. The van der Waals surface area contributed by atoms with Gasteiger partial charge in [0.1, 0.15) is 11.1 Å². The van der Waals surface area contributed by atoms with E-state index in [-0.39, 0.29) is 0 Å². The highest BCUT2D eigenvalue weighted by atomic mass is 32.1. The van der Waals surface area contributed by atoms with E-state index in [4.69, 9.17) is 10.2 Å². The second-order valence-electron chi connectivity index (χ2n) is 6.41. The minimum absolute atomic E-state index is 0.596. The van der Waals surface area contributed by atoms with Crippen molar-refractivity contribution in [3.63, 3.8) is 0 Å². The van der Waals surface area contributed by atoms with Crippen LogP contribution in [0.3, 0.4) is 0 Å². The average Bonchev–Trinajstić information content (AvgIpc) is 3.22. The summed E-state index contributed by atoms with van der Waals surface area (Å²) in [5, 5.41) is 9.86. The summed E-state index contributed by atoms with van der Waals surface area (Å²) in [6.07, 6.45) is 9.34. The van der Waals surface area contributed by atoms with Gasteiger partial charge in [-0.1, -0.05) is 12.8 Å². The molecular formula is C18H20N4S. The summed E-state index contributed by atoms with van der Waals surface area (Å²) in [6, 6.07) is 6.64. The zero-order valence-corrected chi connectivity index (χ0v) is 14.0. The van der Waals surface area contributed by atoms with Crippen LogP contribution in [0, 0.1) is 11.3 Å². The van der Waals surface area contributed by atoms with Crippen LogP contribution in [0.15, 0.2) is 18.3 Å². The highest BCUT2D eigenvalue weighted by Gasteiger charge is 2.26. The number of aromatic nitrogens is 2. The molecule has 0 spiro atoms. The number of hydrogen-bond donors (Lipinski definition) is 0. The van der Waals surface area contributed by atoms with E-state index in [0.29, 0.717) is 5.56 Å². The summed E-state index contributed by atoms with van der Waals surface area (Å²) >= 11 is 1.78. The lowest BCUT2D eigenvalue weighted by Crippen LogP contribution is -2.35. The molecule has 3 heterocycles. The third kappa shape index (κ3) is 3.01. The zero-order chi connectivity index (χ0) is 15.6.